The fourth-order valence-corrected chi connectivity index (χ4v) is 3.71. The molecule has 0 amide bonds. The second-order valence-electron chi connectivity index (χ2n) is 7.27. The van der Waals surface area contributed by atoms with Gasteiger partial charge in [-0.15, -0.1) is 0 Å². The highest BCUT2D eigenvalue weighted by molar-refractivity contribution is 7.80. The lowest BCUT2D eigenvalue weighted by Crippen LogP contribution is -2.41. The Balaban J connectivity index is 1.61. The maximum Gasteiger partial charge on any atom is 0.229 e. The van der Waals surface area contributed by atoms with Crippen LogP contribution in [0.1, 0.15) is 22.5 Å². The van der Waals surface area contributed by atoms with Crippen LogP contribution in [-0.4, -0.2) is 32.5 Å². The minimum Gasteiger partial charge on any atom is -0.338 e. The van der Waals surface area contributed by atoms with Crippen molar-refractivity contribution in [1.82, 2.24) is 14.9 Å². The SMILES string of the molecule is Cc1cc(C)nc(N/C(=N/C(=S)Nc2ccccc2)N2CCc3ccccc3C2)n1. The molecule has 30 heavy (non-hydrogen) atoms. The standard InChI is InChI=1S/C23H24N6S/c1-16-14-17(2)25-21(24-16)27-22(28-23(30)26-20-10-4-3-5-11-20)29-13-12-18-8-6-7-9-19(18)15-29/h3-11,14H,12-13,15H2,1-2H3,(H2,24,25,26,27,28,30). The van der Waals surface area contributed by atoms with E-state index in [1.54, 1.807) is 0 Å². The molecule has 0 unspecified atom stereocenters. The van der Waals surface area contributed by atoms with E-state index in [0.717, 1.165) is 36.6 Å². The van der Waals surface area contributed by atoms with E-state index >= 15 is 0 Å². The second kappa shape index (κ2) is 9.00. The van der Waals surface area contributed by atoms with Gasteiger partial charge in [-0.25, -0.2) is 9.97 Å². The molecule has 6 nitrogen and oxygen atoms in total. The third-order valence-corrected chi connectivity index (χ3v) is 5.06. The Morgan fingerprint density at radius 3 is 2.33 bits per heavy atom. The van der Waals surface area contributed by atoms with Gasteiger partial charge in [-0.2, -0.15) is 4.99 Å². The van der Waals surface area contributed by atoms with Gasteiger partial charge >= 0.3 is 0 Å². The maximum atomic E-state index is 5.52. The quantitative estimate of drug-likeness (QED) is 0.369. The van der Waals surface area contributed by atoms with Crippen LogP contribution in [0.4, 0.5) is 11.6 Å². The number of hydrogen-bond acceptors (Lipinski definition) is 3. The van der Waals surface area contributed by atoms with Crippen molar-refractivity contribution in [3.05, 3.63) is 83.2 Å². The molecule has 0 saturated carbocycles. The lowest BCUT2D eigenvalue weighted by molar-refractivity contribution is 0.393. The first-order valence-electron chi connectivity index (χ1n) is 9.92. The van der Waals surface area contributed by atoms with Gasteiger partial charge in [0.25, 0.3) is 0 Å². The summed E-state index contributed by atoms with van der Waals surface area (Å²) in [5.74, 6) is 1.16. The summed E-state index contributed by atoms with van der Waals surface area (Å²) in [4.78, 5) is 15.9. The summed E-state index contributed by atoms with van der Waals surface area (Å²) in [7, 11) is 0. The number of rotatable bonds is 2. The first-order valence-corrected chi connectivity index (χ1v) is 10.3. The van der Waals surface area contributed by atoms with E-state index in [-0.39, 0.29) is 0 Å². The fourth-order valence-electron chi connectivity index (χ4n) is 3.51. The highest BCUT2D eigenvalue weighted by atomic mass is 32.1. The number of guanidine groups is 1. The van der Waals surface area contributed by atoms with Gasteiger partial charge in [-0.3, -0.25) is 5.32 Å². The number of benzene rings is 2. The molecule has 2 heterocycles. The first kappa shape index (κ1) is 20.0. The van der Waals surface area contributed by atoms with Crippen LogP contribution in [-0.2, 0) is 13.0 Å². The van der Waals surface area contributed by atoms with Gasteiger partial charge in [-0.1, -0.05) is 42.5 Å². The van der Waals surface area contributed by atoms with Crippen LogP contribution in [0.2, 0.25) is 0 Å². The fraction of sp³-hybridized carbons (Fsp3) is 0.217. The highest BCUT2D eigenvalue weighted by Gasteiger charge is 2.20. The van der Waals surface area contributed by atoms with Gasteiger partial charge in [0.15, 0.2) is 0 Å². The molecule has 152 valence electrons. The molecule has 0 saturated heterocycles. The van der Waals surface area contributed by atoms with Crippen molar-refractivity contribution in [2.24, 2.45) is 4.99 Å². The zero-order valence-electron chi connectivity index (χ0n) is 17.1. The normalized spacial score (nSPS) is 13.5. The number of nitrogens with zero attached hydrogens (tertiary/aromatic N) is 4. The van der Waals surface area contributed by atoms with Gasteiger partial charge in [0.05, 0.1) is 0 Å². The molecule has 1 aliphatic rings. The lowest BCUT2D eigenvalue weighted by Gasteiger charge is -2.31. The maximum absolute atomic E-state index is 5.52. The molecule has 0 aliphatic carbocycles. The molecule has 2 aromatic carbocycles. The van der Waals surface area contributed by atoms with E-state index in [1.807, 2.05) is 50.2 Å². The van der Waals surface area contributed by atoms with Crippen LogP contribution in [0.5, 0.6) is 0 Å². The molecule has 0 atom stereocenters. The van der Waals surface area contributed by atoms with Crippen LogP contribution >= 0.6 is 12.2 Å². The van der Waals surface area contributed by atoms with Crippen molar-refractivity contribution < 1.29 is 0 Å². The minimum absolute atomic E-state index is 0.381. The number of aryl methyl sites for hydroxylation is 2. The van der Waals surface area contributed by atoms with E-state index in [9.17, 15) is 0 Å². The monoisotopic (exact) mass is 416 g/mol. The summed E-state index contributed by atoms with van der Waals surface area (Å²) >= 11 is 5.52. The zero-order chi connectivity index (χ0) is 20.9. The Morgan fingerprint density at radius 1 is 0.933 bits per heavy atom. The average molecular weight is 417 g/mol. The number of anilines is 2. The average Bonchev–Trinajstić information content (AvgIpc) is 2.73. The Morgan fingerprint density at radius 2 is 1.60 bits per heavy atom. The van der Waals surface area contributed by atoms with Gasteiger partial charge in [-0.05, 0) is 61.8 Å². The molecule has 4 rings (SSSR count). The molecule has 1 aliphatic heterocycles. The molecule has 3 aromatic rings. The van der Waals surface area contributed by atoms with Gasteiger partial charge in [0.2, 0.25) is 17.0 Å². The number of aliphatic imine (C=N–C) groups is 1. The molecule has 2 N–H and O–H groups in total. The predicted molar refractivity (Wildman–Crippen MR) is 126 cm³/mol. The molecule has 0 bridgehead atoms. The number of aromatic nitrogens is 2. The summed E-state index contributed by atoms with van der Waals surface area (Å²) in [6.07, 6.45) is 0.948. The smallest absolute Gasteiger partial charge is 0.229 e. The van der Waals surface area contributed by atoms with Crippen LogP contribution in [0.15, 0.2) is 65.7 Å². The summed E-state index contributed by atoms with van der Waals surface area (Å²) in [6.45, 7) is 5.49. The Hall–Kier alpha value is -3.32. The van der Waals surface area contributed by atoms with E-state index in [1.165, 1.54) is 11.1 Å². The Kier molecular flexibility index (Phi) is 5.99. The minimum atomic E-state index is 0.381. The van der Waals surface area contributed by atoms with Crippen molar-refractivity contribution in [2.75, 3.05) is 17.2 Å². The number of hydrogen-bond donors (Lipinski definition) is 2. The lowest BCUT2D eigenvalue weighted by atomic mass is 10.0. The molecule has 7 heteroatoms. The number of thiocarbonyl (C=S) groups is 1. The molecule has 0 fully saturated rings. The van der Waals surface area contributed by atoms with Crippen LogP contribution in [0, 0.1) is 13.8 Å². The van der Waals surface area contributed by atoms with Crippen LogP contribution < -0.4 is 10.6 Å². The van der Waals surface area contributed by atoms with E-state index < -0.39 is 0 Å². The molecule has 0 radical (unpaired) electrons. The van der Waals surface area contributed by atoms with Gasteiger partial charge in [0.1, 0.15) is 0 Å². The van der Waals surface area contributed by atoms with Crippen LogP contribution in [0.25, 0.3) is 0 Å². The third-order valence-electron chi connectivity index (χ3n) is 4.87. The summed E-state index contributed by atoms with van der Waals surface area (Å²) < 4.78 is 0. The molecule has 0 spiro atoms. The highest BCUT2D eigenvalue weighted by Crippen LogP contribution is 2.19. The van der Waals surface area contributed by atoms with Gasteiger partial charge in [0, 0.05) is 30.2 Å². The van der Waals surface area contributed by atoms with Gasteiger partial charge < -0.3 is 10.2 Å². The van der Waals surface area contributed by atoms with Crippen molar-refractivity contribution in [2.45, 2.75) is 26.8 Å². The zero-order valence-corrected chi connectivity index (χ0v) is 17.9. The van der Waals surface area contributed by atoms with E-state index in [2.05, 4.69) is 49.8 Å². The number of nitrogens with one attached hydrogen (secondary N) is 2. The first-order chi connectivity index (χ1) is 14.6. The Labute approximate surface area is 182 Å². The summed E-state index contributed by atoms with van der Waals surface area (Å²) in [6, 6.07) is 20.2. The summed E-state index contributed by atoms with van der Waals surface area (Å²) in [5, 5.41) is 6.86. The number of para-hydroxylation sites is 1. The van der Waals surface area contributed by atoms with E-state index in [0.29, 0.717) is 17.0 Å². The van der Waals surface area contributed by atoms with Crippen molar-refractivity contribution in [1.29, 1.82) is 0 Å². The Bertz CT molecular complexity index is 1060. The van der Waals surface area contributed by atoms with Crippen molar-refractivity contribution in [3.63, 3.8) is 0 Å². The van der Waals surface area contributed by atoms with E-state index in [4.69, 9.17) is 17.2 Å². The topological polar surface area (TPSA) is 65.4 Å². The van der Waals surface area contributed by atoms with Crippen LogP contribution in [0.3, 0.4) is 0 Å². The predicted octanol–water partition coefficient (Wildman–Crippen LogP) is 4.32. The largest absolute Gasteiger partial charge is 0.338 e. The molecular formula is C23H24N6S. The second-order valence-corrected chi connectivity index (χ2v) is 7.66. The molecule has 1 aromatic heterocycles. The third kappa shape index (κ3) is 4.99. The molecular weight excluding hydrogens is 392 g/mol. The number of fused-ring (bicyclic) bond motifs is 1. The van der Waals surface area contributed by atoms with Crippen molar-refractivity contribution in [3.8, 4) is 0 Å². The van der Waals surface area contributed by atoms with Crippen molar-refractivity contribution >= 4 is 34.9 Å². The summed E-state index contributed by atoms with van der Waals surface area (Å²) in [5.41, 5.74) is 5.37.